The van der Waals surface area contributed by atoms with Gasteiger partial charge < -0.3 is 9.47 Å². The normalized spacial score (nSPS) is 13.1. The molecule has 0 radical (unpaired) electrons. The molecule has 4 nitrogen and oxygen atoms in total. The summed E-state index contributed by atoms with van der Waals surface area (Å²) in [5.41, 5.74) is 1.87. The molecule has 0 N–H and O–H groups in total. The van der Waals surface area contributed by atoms with E-state index in [4.69, 9.17) is 9.47 Å². The highest BCUT2D eigenvalue weighted by Crippen LogP contribution is 2.20. The van der Waals surface area contributed by atoms with Crippen molar-refractivity contribution in [3.8, 4) is 0 Å². The predicted molar refractivity (Wildman–Crippen MR) is 76.1 cm³/mol. The summed E-state index contributed by atoms with van der Waals surface area (Å²) >= 11 is 0. The van der Waals surface area contributed by atoms with Crippen LogP contribution >= 0.6 is 0 Å². The Morgan fingerprint density at radius 2 is 1.79 bits per heavy atom. The van der Waals surface area contributed by atoms with Crippen LogP contribution in [0.25, 0.3) is 5.57 Å². The van der Waals surface area contributed by atoms with Crippen LogP contribution in [0.5, 0.6) is 0 Å². The molecule has 1 aromatic rings. The predicted octanol–water partition coefficient (Wildman–Crippen LogP) is 3.87. The maximum Gasteiger partial charge on any atom is 0.141 e. The smallest absolute Gasteiger partial charge is 0.141 e. The monoisotopic (exact) mass is 259 g/mol. The van der Waals surface area contributed by atoms with Crippen LogP contribution in [0, 0.1) is 4.91 Å². The minimum Gasteiger partial charge on any atom is -0.501 e. The van der Waals surface area contributed by atoms with E-state index in [0.29, 0.717) is 5.76 Å². The van der Waals surface area contributed by atoms with Gasteiger partial charge in [-0.15, -0.1) is 4.91 Å². The number of allylic oxidation sites excluding steroid dienone is 4. The van der Waals surface area contributed by atoms with Gasteiger partial charge in [0.1, 0.15) is 12.0 Å². The standard InChI is InChI=1S/C15H17NO3/c1-12(18-2)9-14(10-15(19-3)11-16-17)13-7-5-4-6-8-13/h4-11H,1-3H3/b12-9+,14-10+,15-11-. The third-order valence-electron chi connectivity index (χ3n) is 2.50. The number of rotatable bonds is 6. The van der Waals surface area contributed by atoms with Crippen LogP contribution in [-0.2, 0) is 9.47 Å². The van der Waals surface area contributed by atoms with Gasteiger partial charge in [-0.2, -0.15) is 0 Å². The number of benzene rings is 1. The van der Waals surface area contributed by atoms with E-state index in [0.717, 1.165) is 23.1 Å². The van der Waals surface area contributed by atoms with Crippen LogP contribution in [0.2, 0.25) is 0 Å². The molecule has 0 aliphatic heterocycles. The fourth-order valence-electron chi connectivity index (χ4n) is 1.47. The molecule has 100 valence electrons. The Morgan fingerprint density at radius 3 is 2.32 bits per heavy atom. The van der Waals surface area contributed by atoms with Crippen molar-refractivity contribution >= 4 is 5.57 Å². The van der Waals surface area contributed by atoms with Crippen LogP contribution in [0.4, 0.5) is 0 Å². The van der Waals surface area contributed by atoms with Gasteiger partial charge in [0, 0.05) is 0 Å². The van der Waals surface area contributed by atoms with Crippen LogP contribution < -0.4 is 0 Å². The second kappa shape index (κ2) is 7.87. The lowest BCUT2D eigenvalue weighted by molar-refractivity contribution is 0.294. The lowest BCUT2D eigenvalue weighted by Gasteiger charge is -2.06. The zero-order valence-corrected chi connectivity index (χ0v) is 11.3. The molecule has 0 aliphatic carbocycles. The van der Waals surface area contributed by atoms with E-state index in [1.54, 1.807) is 13.2 Å². The lowest BCUT2D eigenvalue weighted by atomic mass is 10.0. The summed E-state index contributed by atoms with van der Waals surface area (Å²) in [4.78, 5) is 10.3. The molecule has 0 saturated carbocycles. The Labute approximate surface area is 113 Å². The Morgan fingerprint density at radius 1 is 1.11 bits per heavy atom. The van der Waals surface area contributed by atoms with Crippen molar-refractivity contribution in [3.63, 3.8) is 0 Å². The van der Waals surface area contributed by atoms with E-state index in [9.17, 15) is 4.91 Å². The SMILES string of the molecule is COC(=C\N=O)/C=C(\C=C(/C)OC)c1ccccc1. The molecule has 0 amide bonds. The minimum absolute atomic E-state index is 0.383. The summed E-state index contributed by atoms with van der Waals surface area (Å²) in [6.45, 7) is 1.85. The average Bonchev–Trinajstić information content (AvgIpc) is 2.46. The molecule has 0 fully saturated rings. The fraction of sp³-hybridized carbons (Fsp3) is 0.200. The Balaban J connectivity index is 3.24. The van der Waals surface area contributed by atoms with Gasteiger partial charge >= 0.3 is 0 Å². The molecule has 1 aromatic carbocycles. The van der Waals surface area contributed by atoms with Crippen molar-refractivity contribution in [2.45, 2.75) is 6.92 Å². The van der Waals surface area contributed by atoms with Crippen LogP contribution in [-0.4, -0.2) is 14.2 Å². The van der Waals surface area contributed by atoms with Crippen molar-refractivity contribution in [1.82, 2.24) is 0 Å². The highest BCUT2D eigenvalue weighted by molar-refractivity contribution is 5.76. The highest BCUT2D eigenvalue weighted by Gasteiger charge is 2.02. The van der Waals surface area contributed by atoms with Gasteiger partial charge in [0.05, 0.1) is 20.0 Å². The first kappa shape index (κ1) is 14.7. The Kier molecular flexibility index (Phi) is 6.09. The van der Waals surface area contributed by atoms with Crippen molar-refractivity contribution in [1.29, 1.82) is 0 Å². The highest BCUT2D eigenvalue weighted by atomic mass is 16.5. The van der Waals surface area contributed by atoms with Gasteiger partial charge in [-0.3, -0.25) is 0 Å². The van der Waals surface area contributed by atoms with Gasteiger partial charge in [-0.1, -0.05) is 30.3 Å². The van der Waals surface area contributed by atoms with Crippen molar-refractivity contribution in [2.75, 3.05) is 14.2 Å². The first-order valence-electron chi connectivity index (χ1n) is 5.77. The molecular formula is C15H17NO3. The summed E-state index contributed by atoms with van der Waals surface area (Å²) in [7, 11) is 3.09. The third-order valence-corrected chi connectivity index (χ3v) is 2.50. The van der Waals surface area contributed by atoms with Gasteiger partial charge in [0.2, 0.25) is 0 Å². The van der Waals surface area contributed by atoms with Crippen LogP contribution in [0.3, 0.4) is 0 Å². The molecule has 0 bridgehead atoms. The molecule has 0 aliphatic rings. The van der Waals surface area contributed by atoms with Gasteiger partial charge in [-0.05, 0) is 35.4 Å². The first-order valence-corrected chi connectivity index (χ1v) is 5.77. The summed E-state index contributed by atoms with van der Waals surface area (Å²) in [5.74, 6) is 1.14. The number of nitroso groups, excluding NO2 is 1. The molecular weight excluding hydrogens is 242 g/mol. The van der Waals surface area contributed by atoms with E-state index < -0.39 is 0 Å². The topological polar surface area (TPSA) is 47.9 Å². The van der Waals surface area contributed by atoms with Gasteiger partial charge in [0.25, 0.3) is 0 Å². The fourth-order valence-corrected chi connectivity index (χ4v) is 1.47. The van der Waals surface area contributed by atoms with Crippen molar-refractivity contribution in [3.05, 3.63) is 70.7 Å². The second-order valence-corrected chi connectivity index (χ2v) is 3.77. The summed E-state index contributed by atoms with van der Waals surface area (Å²) in [6, 6.07) is 9.74. The van der Waals surface area contributed by atoms with Crippen molar-refractivity contribution in [2.24, 2.45) is 5.18 Å². The molecule has 0 aromatic heterocycles. The Hall–Kier alpha value is -2.36. The van der Waals surface area contributed by atoms with Gasteiger partial charge in [0.15, 0.2) is 0 Å². The molecule has 0 spiro atoms. The molecule has 4 heteroatoms. The minimum atomic E-state index is 0.383. The molecule has 0 unspecified atom stereocenters. The zero-order chi connectivity index (χ0) is 14.1. The summed E-state index contributed by atoms with van der Waals surface area (Å²) < 4.78 is 10.2. The van der Waals surface area contributed by atoms with E-state index in [2.05, 4.69) is 5.18 Å². The molecule has 0 atom stereocenters. The molecule has 0 heterocycles. The van der Waals surface area contributed by atoms with Crippen molar-refractivity contribution < 1.29 is 9.47 Å². The quantitative estimate of drug-likeness (QED) is 0.442. The Bertz CT molecular complexity index is 501. The molecule has 19 heavy (non-hydrogen) atoms. The van der Waals surface area contributed by atoms with E-state index in [1.165, 1.54) is 7.11 Å². The largest absolute Gasteiger partial charge is 0.501 e. The van der Waals surface area contributed by atoms with E-state index in [1.807, 2.05) is 43.3 Å². The maximum atomic E-state index is 10.3. The number of nitrogens with zero attached hydrogens (tertiary/aromatic N) is 1. The number of hydrogen-bond donors (Lipinski definition) is 0. The van der Waals surface area contributed by atoms with E-state index >= 15 is 0 Å². The number of hydrogen-bond acceptors (Lipinski definition) is 4. The maximum absolute atomic E-state index is 10.3. The summed E-state index contributed by atoms with van der Waals surface area (Å²) in [6.07, 6.45) is 4.73. The van der Waals surface area contributed by atoms with Gasteiger partial charge in [-0.25, -0.2) is 0 Å². The first-order chi connectivity index (χ1) is 9.21. The lowest BCUT2D eigenvalue weighted by Crippen LogP contribution is -1.88. The third kappa shape index (κ3) is 4.79. The van der Waals surface area contributed by atoms with E-state index in [-0.39, 0.29) is 0 Å². The molecule has 1 rings (SSSR count). The summed E-state index contributed by atoms with van der Waals surface area (Å²) in [5, 5.41) is 2.72. The molecule has 0 saturated heterocycles. The van der Waals surface area contributed by atoms with Crippen LogP contribution in [0.1, 0.15) is 12.5 Å². The van der Waals surface area contributed by atoms with Crippen LogP contribution in [0.15, 0.2) is 65.4 Å². The number of methoxy groups -OCH3 is 2. The average molecular weight is 259 g/mol. The zero-order valence-electron chi connectivity index (χ0n) is 11.3. The second-order valence-electron chi connectivity index (χ2n) is 3.77. The number of ether oxygens (including phenoxy) is 2.